The van der Waals surface area contributed by atoms with Gasteiger partial charge >= 0.3 is 0 Å². The summed E-state index contributed by atoms with van der Waals surface area (Å²) in [5.74, 6) is 0. The molecular formula is C13H29NO2Si. The summed E-state index contributed by atoms with van der Waals surface area (Å²) < 4.78 is 12.0. The van der Waals surface area contributed by atoms with E-state index in [1.165, 1.54) is 0 Å². The molecule has 1 heterocycles. The molecule has 1 rings (SSSR count). The maximum atomic E-state index is 6.27. The Bertz CT molecular complexity index is 284. The first kappa shape index (κ1) is 15.2. The summed E-state index contributed by atoms with van der Waals surface area (Å²) >= 11 is 0. The Hall–Kier alpha value is 0.0969. The molecule has 102 valence electrons. The maximum Gasteiger partial charge on any atom is 0.192 e. The second-order valence-corrected chi connectivity index (χ2v) is 12.3. The third-order valence-corrected chi connectivity index (χ3v) is 8.39. The van der Waals surface area contributed by atoms with E-state index in [0.717, 1.165) is 6.61 Å². The van der Waals surface area contributed by atoms with Crippen LogP contribution in [-0.4, -0.2) is 32.8 Å². The summed E-state index contributed by atoms with van der Waals surface area (Å²) in [7, 11) is -1.66. The Morgan fingerprint density at radius 1 is 1.24 bits per heavy atom. The number of rotatable bonds is 3. The van der Waals surface area contributed by atoms with Crippen LogP contribution in [0.3, 0.4) is 0 Å². The van der Waals surface area contributed by atoms with Gasteiger partial charge in [-0.25, -0.2) is 0 Å². The van der Waals surface area contributed by atoms with Crippen LogP contribution in [0.4, 0.5) is 0 Å². The fourth-order valence-corrected chi connectivity index (χ4v) is 2.89. The Kier molecular flexibility index (Phi) is 3.86. The Morgan fingerprint density at radius 2 is 1.76 bits per heavy atom. The van der Waals surface area contributed by atoms with Crippen LogP contribution in [0, 0.1) is 0 Å². The maximum absolute atomic E-state index is 6.27. The molecule has 0 aromatic rings. The molecule has 0 spiro atoms. The van der Waals surface area contributed by atoms with Crippen molar-refractivity contribution in [3.63, 3.8) is 0 Å². The van der Waals surface area contributed by atoms with E-state index in [0.29, 0.717) is 6.61 Å². The summed E-state index contributed by atoms with van der Waals surface area (Å²) in [6, 6.07) is 0. The van der Waals surface area contributed by atoms with Gasteiger partial charge in [0.05, 0.1) is 18.8 Å². The van der Waals surface area contributed by atoms with Crippen LogP contribution in [-0.2, 0) is 9.16 Å². The van der Waals surface area contributed by atoms with Crippen molar-refractivity contribution in [2.75, 3.05) is 13.2 Å². The summed E-state index contributed by atoms with van der Waals surface area (Å²) in [6.45, 7) is 19.1. The van der Waals surface area contributed by atoms with Gasteiger partial charge in [0.15, 0.2) is 8.32 Å². The van der Waals surface area contributed by atoms with Gasteiger partial charge in [0, 0.05) is 0 Å². The van der Waals surface area contributed by atoms with Crippen LogP contribution >= 0.6 is 0 Å². The molecule has 1 N–H and O–H groups in total. The predicted molar refractivity (Wildman–Crippen MR) is 74.7 cm³/mol. The molecule has 4 heteroatoms. The molecule has 0 amide bonds. The minimum Gasteiger partial charge on any atom is -0.415 e. The summed E-state index contributed by atoms with van der Waals surface area (Å²) in [5.41, 5.74) is -0.287. The molecule has 1 unspecified atom stereocenters. The van der Waals surface area contributed by atoms with Gasteiger partial charge in [-0.15, -0.1) is 0 Å². The van der Waals surface area contributed by atoms with Gasteiger partial charge in [-0.1, -0.05) is 20.8 Å². The fourth-order valence-electron chi connectivity index (χ4n) is 1.77. The van der Waals surface area contributed by atoms with Crippen molar-refractivity contribution in [3.05, 3.63) is 0 Å². The first-order valence-electron chi connectivity index (χ1n) is 6.44. The van der Waals surface area contributed by atoms with E-state index in [1.54, 1.807) is 0 Å². The van der Waals surface area contributed by atoms with Crippen molar-refractivity contribution in [2.45, 2.75) is 70.9 Å². The molecule has 1 saturated heterocycles. The topological polar surface area (TPSA) is 30.5 Å². The van der Waals surface area contributed by atoms with E-state index in [2.05, 4.69) is 60.0 Å². The van der Waals surface area contributed by atoms with Gasteiger partial charge in [0.2, 0.25) is 0 Å². The number of hydrogen-bond acceptors (Lipinski definition) is 3. The Morgan fingerprint density at radius 3 is 2.12 bits per heavy atom. The van der Waals surface area contributed by atoms with Crippen molar-refractivity contribution in [3.8, 4) is 0 Å². The summed E-state index contributed by atoms with van der Waals surface area (Å²) in [4.78, 5) is 0. The van der Waals surface area contributed by atoms with E-state index < -0.39 is 8.32 Å². The smallest absolute Gasteiger partial charge is 0.192 e. The van der Waals surface area contributed by atoms with Gasteiger partial charge in [-0.3, -0.25) is 5.32 Å². The second kappa shape index (κ2) is 4.33. The molecule has 0 bridgehead atoms. The molecule has 17 heavy (non-hydrogen) atoms. The van der Waals surface area contributed by atoms with E-state index in [-0.39, 0.29) is 16.3 Å². The monoisotopic (exact) mass is 259 g/mol. The third kappa shape index (κ3) is 3.78. The lowest BCUT2D eigenvalue weighted by Crippen LogP contribution is -2.53. The standard InChI is InChI=1S/C13H29NO2Si/c1-11(2,3)17(7,8)16-10-13(6)9-15-12(4,5)14-13/h14H,9-10H2,1-8H3. The lowest BCUT2D eigenvalue weighted by Gasteiger charge is -2.39. The van der Waals surface area contributed by atoms with E-state index in [1.807, 2.05) is 0 Å². The molecule has 1 atom stereocenters. The zero-order chi connectivity index (χ0) is 13.5. The SMILES string of the molecule is CC1(CO[Si](C)(C)C(C)(C)C)COC(C)(C)N1. The molecule has 0 saturated carbocycles. The second-order valence-electron chi connectivity index (χ2n) is 7.53. The first-order valence-corrected chi connectivity index (χ1v) is 9.35. The average molecular weight is 259 g/mol. The molecule has 3 nitrogen and oxygen atoms in total. The van der Waals surface area contributed by atoms with Crippen molar-refractivity contribution in [1.82, 2.24) is 5.32 Å². The fraction of sp³-hybridized carbons (Fsp3) is 1.00. The Balaban J connectivity index is 2.58. The molecular weight excluding hydrogens is 230 g/mol. The van der Waals surface area contributed by atoms with Gasteiger partial charge in [-0.05, 0) is 38.9 Å². The van der Waals surface area contributed by atoms with Crippen LogP contribution in [0.1, 0.15) is 41.5 Å². The first-order chi connectivity index (χ1) is 7.37. The van der Waals surface area contributed by atoms with Crippen molar-refractivity contribution < 1.29 is 9.16 Å². The van der Waals surface area contributed by atoms with Crippen LogP contribution in [0.5, 0.6) is 0 Å². The lowest BCUT2D eigenvalue weighted by atomic mass is 10.1. The van der Waals surface area contributed by atoms with E-state index in [4.69, 9.17) is 9.16 Å². The minimum atomic E-state index is -1.66. The highest BCUT2D eigenvalue weighted by Crippen LogP contribution is 2.37. The largest absolute Gasteiger partial charge is 0.415 e. The van der Waals surface area contributed by atoms with Gasteiger partial charge < -0.3 is 9.16 Å². The Labute approximate surface area is 107 Å². The number of ether oxygens (including phenoxy) is 1. The highest BCUT2D eigenvalue weighted by Gasteiger charge is 2.43. The van der Waals surface area contributed by atoms with Gasteiger partial charge in [0.1, 0.15) is 5.72 Å². The number of nitrogens with one attached hydrogen (secondary N) is 1. The lowest BCUT2D eigenvalue weighted by molar-refractivity contribution is 0.0224. The van der Waals surface area contributed by atoms with Crippen molar-refractivity contribution in [2.24, 2.45) is 0 Å². The predicted octanol–water partition coefficient (Wildman–Crippen LogP) is 3.12. The van der Waals surface area contributed by atoms with E-state index in [9.17, 15) is 0 Å². The molecule has 0 aromatic carbocycles. The summed E-state index contributed by atoms with van der Waals surface area (Å²) in [5, 5.41) is 3.77. The quantitative estimate of drug-likeness (QED) is 0.790. The van der Waals surface area contributed by atoms with Gasteiger partial charge in [-0.2, -0.15) is 0 Å². The molecule has 1 aliphatic rings. The van der Waals surface area contributed by atoms with Crippen LogP contribution < -0.4 is 5.32 Å². The van der Waals surface area contributed by atoms with E-state index >= 15 is 0 Å². The van der Waals surface area contributed by atoms with Crippen LogP contribution in [0.15, 0.2) is 0 Å². The van der Waals surface area contributed by atoms with Crippen molar-refractivity contribution >= 4 is 8.32 Å². The molecule has 1 aliphatic heterocycles. The zero-order valence-electron chi connectivity index (χ0n) is 12.7. The van der Waals surface area contributed by atoms with Crippen LogP contribution in [0.2, 0.25) is 18.1 Å². The molecule has 0 aromatic heterocycles. The zero-order valence-corrected chi connectivity index (χ0v) is 13.7. The highest BCUT2D eigenvalue weighted by molar-refractivity contribution is 6.74. The molecule has 0 radical (unpaired) electrons. The third-order valence-electron chi connectivity index (χ3n) is 3.91. The summed E-state index contributed by atoms with van der Waals surface area (Å²) in [6.07, 6.45) is 0. The average Bonchev–Trinajstić information content (AvgIpc) is 2.37. The molecule has 1 fully saturated rings. The molecule has 0 aliphatic carbocycles. The minimum absolute atomic E-state index is 0.0565. The number of hydrogen-bond donors (Lipinski definition) is 1. The normalized spacial score (nSPS) is 29.6. The highest BCUT2D eigenvalue weighted by atomic mass is 28.4. The van der Waals surface area contributed by atoms with Gasteiger partial charge in [0.25, 0.3) is 0 Å². The van der Waals surface area contributed by atoms with Crippen molar-refractivity contribution in [1.29, 1.82) is 0 Å². The van der Waals surface area contributed by atoms with Crippen LogP contribution in [0.25, 0.3) is 0 Å².